The fourth-order valence-electron chi connectivity index (χ4n) is 1.51. The molecule has 0 aliphatic carbocycles. The van der Waals surface area contributed by atoms with Crippen molar-refractivity contribution < 1.29 is 8.42 Å². The summed E-state index contributed by atoms with van der Waals surface area (Å²) < 4.78 is 26.8. The maximum atomic E-state index is 11.7. The van der Waals surface area contributed by atoms with Crippen LogP contribution in [0, 0.1) is 0 Å². The second-order valence-electron chi connectivity index (χ2n) is 3.73. The van der Waals surface area contributed by atoms with E-state index in [1.165, 1.54) is 0 Å². The molecule has 0 unspecified atom stereocenters. The predicted molar refractivity (Wildman–Crippen MR) is 76.5 cm³/mol. The van der Waals surface area contributed by atoms with Crippen LogP contribution in [-0.4, -0.2) is 30.2 Å². The molecule has 0 bridgehead atoms. The number of aromatic nitrogens is 2. The monoisotopic (exact) mass is 351 g/mol. The van der Waals surface area contributed by atoms with Crippen molar-refractivity contribution in [1.29, 1.82) is 0 Å². The van der Waals surface area contributed by atoms with Crippen LogP contribution < -0.4 is 4.72 Å². The number of H-pyrrole nitrogens is 1. The Kier molecular flexibility index (Phi) is 4.14. The van der Waals surface area contributed by atoms with Gasteiger partial charge in [0.2, 0.25) is 10.0 Å². The zero-order valence-corrected chi connectivity index (χ0v) is 12.4. The Hall–Kier alpha value is -0.790. The second kappa shape index (κ2) is 5.46. The van der Waals surface area contributed by atoms with Gasteiger partial charge in [0.15, 0.2) is 5.82 Å². The van der Waals surface area contributed by atoms with E-state index in [9.17, 15) is 8.42 Å². The summed E-state index contributed by atoms with van der Waals surface area (Å²) in [5.74, 6) is 0.614. The largest absolute Gasteiger partial charge is 0.276 e. The summed E-state index contributed by atoms with van der Waals surface area (Å²) in [4.78, 5) is 0. The van der Waals surface area contributed by atoms with Crippen molar-refractivity contribution in [1.82, 2.24) is 10.2 Å². The summed E-state index contributed by atoms with van der Waals surface area (Å²) in [6.45, 7) is 0. The molecule has 0 aliphatic heterocycles. The van der Waals surface area contributed by atoms with Gasteiger partial charge in [-0.2, -0.15) is 5.10 Å². The smallest absolute Gasteiger partial charge is 0.233 e. The van der Waals surface area contributed by atoms with Crippen LogP contribution in [0.3, 0.4) is 0 Å². The van der Waals surface area contributed by atoms with Gasteiger partial charge in [-0.15, -0.1) is 11.6 Å². The average molecular weight is 353 g/mol. The van der Waals surface area contributed by atoms with Gasteiger partial charge >= 0.3 is 0 Å². The van der Waals surface area contributed by atoms with Gasteiger partial charge in [-0.1, -0.05) is 15.9 Å². The molecule has 0 aliphatic rings. The summed E-state index contributed by atoms with van der Waals surface area (Å²) in [7, 11) is -3.40. The standard InChI is InChI=1S/C10H11BrClN3O2S/c11-7-2-3-8-9(6-7)13-14-10(8)15-18(16,17)5-1-4-12/h2-3,6H,1,4-5H2,(H2,13,14,15). The third-order valence-electron chi connectivity index (χ3n) is 2.32. The third-order valence-corrected chi connectivity index (χ3v) is 4.41. The summed E-state index contributed by atoms with van der Waals surface area (Å²) in [6.07, 6.45) is 0.408. The van der Waals surface area contributed by atoms with Crippen molar-refractivity contribution in [2.45, 2.75) is 6.42 Å². The van der Waals surface area contributed by atoms with Crippen molar-refractivity contribution in [2.75, 3.05) is 16.4 Å². The molecule has 18 heavy (non-hydrogen) atoms. The Morgan fingerprint density at radius 1 is 1.44 bits per heavy atom. The normalized spacial score (nSPS) is 11.9. The minimum atomic E-state index is -3.40. The number of fused-ring (bicyclic) bond motifs is 1. The topological polar surface area (TPSA) is 74.8 Å². The molecular weight excluding hydrogens is 342 g/mol. The highest BCUT2D eigenvalue weighted by Crippen LogP contribution is 2.24. The molecule has 0 atom stereocenters. The summed E-state index contributed by atoms with van der Waals surface area (Å²) in [5.41, 5.74) is 0.763. The van der Waals surface area contributed by atoms with Crippen molar-refractivity contribution >= 4 is 54.3 Å². The molecule has 2 N–H and O–H groups in total. The quantitative estimate of drug-likeness (QED) is 0.812. The van der Waals surface area contributed by atoms with Gasteiger partial charge in [0, 0.05) is 15.7 Å². The van der Waals surface area contributed by atoms with E-state index in [0.29, 0.717) is 18.1 Å². The number of rotatable bonds is 5. The third kappa shape index (κ3) is 3.15. The van der Waals surface area contributed by atoms with Gasteiger partial charge in [-0.3, -0.25) is 9.82 Å². The van der Waals surface area contributed by atoms with E-state index in [1.807, 2.05) is 12.1 Å². The van der Waals surface area contributed by atoms with Crippen LogP contribution in [0.4, 0.5) is 5.82 Å². The molecule has 2 aromatic rings. The molecule has 0 fully saturated rings. The number of hydrogen-bond donors (Lipinski definition) is 2. The average Bonchev–Trinajstić information content (AvgIpc) is 2.68. The lowest BCUT2D eigenvalue weighted by molar-refractivity contribution is 0.600. The molecule has 0 radical (unpaired) electrons. The summed E-state index contributed by atoms with van der Waals surface area (Å²) in [5, 5.41) is 7.46. The first-order chi connectivity index (χ1) is 8.52. The number of nitrogens with one attached hydrogen (secondary N) is 2. The number of anilines is 1. The number of benzene rings is 1. The number of hydrogen-bond acceptors (Lipinski definition) is 3. The molecule has 0 amide bonds. The van der Waals surface area contributed by atoms with E-state index in [-0.39, 0.29) is 5.75 Å². The Morgan fingerprint density at radius 3 is 2.94 bits per heavy atom. The highest BCUT2D eigenvalue weighted by molar-refractivity contribution is 9.10. The molecule has 98 valence electrons. The van der Waals surface area contributed by atoms with Gasteiger partial charge < -0.3 is 0 Å². The molecule has 0 spiro atoms. The second-order valence-corrected chi connectivity index (χ2v) is 6.86. The van der Waals surface area contributed by atoms with Crippen molar-refractivity contribution in [2.24, 2.45) is 0 Å². The number of aromatic amines is 1. The van der Waals surface area contributed by atoms with E-state index >= 15 is 0 Å². The molecule has 8 heteroatoms. The van der Waals surface area contributed by atoms with E-state index in [0.717, 1.165) is 15.4 Å². The lowest BCUT2D eigenvalue weighted by atomic mass is 10.2. The fourth-order valence-corrected chi connectivity index (χ4v) is 3.24. The van der Waals surface area contributed by atoms with Crippen LogP contribution in [0.15, 0.2) is 22.7 Å². The van der Waals surface area contributed by atoms with Gasteiger partial charge in [-0.25, -0.2) is 8.42 Å². The van der Waals surface area contributed by atoms with Crippen LogP contribution in [0.1, 0.15) is 6.42 Å². The molecule has 2 rings (SSSR count). The van der Waals surface area contributed by atoms with Gasteiger partial charge in [0.25, 0.3) is 0 Å². The maximum absolute atomic E-state index is 11.7. The molecule has 0 saturated heterocycles. The Morgan fingerprint density at radius 2 is 2.22 bits per heavy atom. The van der Waals surface area contributed by atoms with E-state index < -0.39 is 10.0 Å². The SMILES string of the molecule is O=S(=O)(CCCCl)Nc1n[nH]c2cc(Br)ccc12. The van der Waals surface area contributed by atoms with Crippen molar-refractivity contribution in [3.05, 3.63) is 22.7 Å². The van der Waals surface area contributed by atoms with Crippen LogP contribution in [0.5, 0.6) is 0 Å². The van der Waals surface area contributed by atoms with Crippen LogP contribution in [0.2, 0.25) is 0 Å². The zero-order valence-electron chi connectivity index (χ0n) is 9.28. The summed E-state index contributed by atoms with van der Waals surface area (Å²) in [6, 6.07) is 5.45. The maximum Gasteiger partial charge on any atom is 0.233 e. The Bertz CT molecular complexity index is 656. The lowest BCUT2D eigenvalue weighted by Crippen LogP contribution is -2.17. The minimum absolute atomic E-state index is 0.0125. The molecule has 5 nitrogen and oxygen atoms in total. The molecule has 1 aromatic heterocycles. The zero-order chi connectivity index (χ0) is 13.2. The van der Waals surface area contributed by atoms with Crippen LogP contribution in [0.25, 0.3) is 10.9 Å². The number of halogens is 2. The Labute approximate surface area is 118 Å². The van der Waals surface area contributed by atoms with Gasteiger partial charge in [0.1, 0.15) is 0 Å². The first-order valence-electron chi connectivity index (χ1n) is 5.22. The first-order valence-corrected chi connectivity index (χ1v) is 8.20. The number of nitrogens with zero attached hydrogens (tertiary/aromatic N) is 1. The van der Waals surface area contributed by atoms with Crippen LogP contribution >= 0.6 is 27.5 Å². The minimum Gasteiger partial charge on any atom is -0.276 e. The van der Waals surface area contributed by atoms with Crippen molar-refractivity contribution in [3.8, 4) is 0 Å². The highest BCUT2D eigenvalue weighted by atomic mass is 79.9. The van der Waals surface area contributed by atoms with Gasteiger partial charge in [-0.05, 0) is 24.6 Å². The van der Waals surface area contributed by atoms with Crippen LogP contribution in [-0.2, 0) is 10.0 Å². The van der Waals surface area contributed by atoms with E-state index in [4.69, 9.17) is 11.6 Å². The molecule has 0 saturated carbocycles. The number of sulfonamides is 1. The van der Waals surface area contributed by atoms with Gasteiger partial charge in [0.05, 0.1) is 11.3 Å². The summed E-state index contributed by atoms with van der Waals surface area (Å²) >= 11 is 8.82. The Balaban J connectivity index is 2.27. The molecule has 1 heterocycles. The first kappa shape index (κ1) is 13.6. The van der Waals surface area contributed by atoms with E-state index in [1.54, 1.807) is 6.07 Å². The fraction of sp³-hybridized carbons (Fsp3) is 0.300. The highest BCUT2D eigenvalue weighted by Gasteiger charge is 2.14. The molecule has 1 aromatic carbocycles. The van der Waals surface area contributed by atoms with E-state index in [2.05, 4.69) is 30.8 Å². The number of alkyl halides is 1. The molecular formula is C10H11BrClN3O2S. The predicted octanol–water partition coefficient (Wildman–Crippen LogP) is 2.70. The lowest BCUT2D eigenvalue weighted by Gasteiger charge is -2.04. The van der Waals surface area contributed by atoms with Crippen molar-refractivity contribution in [3.63, 3.8) is 0 Å².